The first-order valence-electron chi connectivity index (χ1n) is 7.52. The number of hydrogen-bond acceptors (Lipinski definition) is 4. The first-order chi connectivity index (χ1) is 11.2. The Morgan fingerprint density at radius 3 is 2.46 bits per heavy atom. The molecule has 0 spiro atoms. The van der Waals surface area contributed by atoms with Gasteiger partial charge in [-0.05, 0) is 32.3 Å². The summed E-state index contributed by atoms with van der Waals surface area (Å²) in [4.78, 5) is 23.7. The van der Waals surface area contributed by atoms with E-state index in [4.69, 9.17) is 4.74 Å². The Morgan fingerprint density at radius 1 is 1.29 bits per heavy atom. The van der Waals surface area contributed by atoms with Gasteiger partial charge >= 0.3 is 12.3 Å². The number of carbonyl (C=O) groups excluding carboxylic acids is 1. The van der Waals surface area contributed by atoms with Gasteiger partial charge in [0.1, 0.15) is 6.10 Å². The summed E-state index contributed by atoms with van der Waals surface area (Å²) in [5.74, 6) is 0. The molecule has 1 aliphatic rings. The van der Waals surface area contributed by atoms with E-state index in [1.54, 1.807) is 0 Å². The van der Waals surface area contributed by atoms with Gasteiger partial charge in [0, 0.05) is 19.2 Å². The van der Waals surface area contributed by atoms with Crippen molar-refractivity contribution in [1.29, 1.82) is 0 Å². The topological polar surface area (TPSA) is 72.7 Å². The molecule has 1 aliphatic heterocycles. The van der Waals surface area contributed by atoms with Crippen LogP contribution in [0, 0.1) is 10.1 Å². The maximum atomic E-state index is 13.2. The minimum absolute atomic E-state index is 0.467. The fourth-order valence-electron chi connectivity index (χ4n) is 2.75. The van der Waals surface area contributed by atoms with Crippen molar-refractivity contribution in [3.05, 3.63) is 39.4 Å². The zero-order chi connectivity index (χ0) is 17.9. The SMILES string of the molecule is CC(OC(=O)N1CCCCC1)c1c([N+](=O)[O-])cccc1C(F)(F)F. The van der Waals surface area contributed by atoms with Gasteiger partial charge in [0.2, 0.25) is 0 Å². The quantitative estimate of drug-likeness (QED) is 0.604. The molecule has 132 valence electrons. The first kappa shape index (κ1) is 18.0. The lowest BCUT2D eigenvalue weighted by Crippen LogP contribution is -2.36. The fourth-order valence-corrected chi connectivity index (χ4v) is 2.75. The van der Waals surface area contributed by atoms with Crippen LogP contribution in [0.15, 0.2) is 18.2 Å². The average Bonchev–Trinajstić information content (AvgIpc) is 2.53. The maximum Gasteiger partial charge on any atom is 0.417 e. The Hall–Kier alpha value is -2.32. The molecular formula is C15H17F3N2O4. The summed E-state index contributed by atoms with van der Waals surface area (Å²) in [5.41, 5.74) is -2.53. The molecule has 0 aliphatic carbocycles. The predicted molar refractivity (Wildman–Crippen MR) is 78.4 cm³/mol. The maximum absolute atomic E-state index is 13.2. The molecule has 0 radical (unpaired) electrons. The number of amides is 1. The molecule has 1 unspecified atom stereocenters. The second-order valence-electron chi connectivity index (χ2n) is 5.57. The average molecular weight is 346 g/mol. The van der Waals surface area contributed by atoms with Crippen LogP contribution in [0.25, 0.3) is 0 Å². The first-order valence-corrected chi connectivity index (χ1v) is 7.52. The number of nitro benzene ring substituents is 1. The molecule has 1 aromatic rings. The summed E-state index contributed by atoms with van der Waals surface area (Å²) in [6, 6.07) is 2.67. The fraction of sp³-hybridized carbons (Fsp3) is 0.533. The molecule has 0 bridgehead atoms. The van der Waals surface area contributed by atoms with Gasteiger partial charge in [-0.3, -0.25) is 10.1 Å². The number of nitro groups is 1. The minimum atomic E-state index is -4.78. The van der Waals surface area contributed by atoms with Crippen LogP contribution >= 0.6 is 0 Å². The molecule has 1 atom stereocenters. The highest BCUT2D eigenvalue weighted by molar-refractivity contribution is 5.68. The van der Waals surface area contributed by atoms with E-state index in [9.17, 15) is 28.1 Å². The van der Waals surface area contributed by atoms with Crippen molar-refractivity contribution in [3.8, 4) is 0 Å². The van der Waals surface area contributed by atoms with Crippen molar-refractivity contribution in [2.45, 2.75) is 38.5 Å². The van der Waals surface area contributed by atoms with Crippen LogP contribution in [-0.4, -0.2) is 29.0 Å². The van der Waals surface area contributed by atoms with E-state index >= 15 is 0 Å². The molecule has 1 fully saturated rings. The zero-order valence-electron chi connectivity index (χ0n) is 13.0. The number of carbonyl (C=O) groups is 1. The highest BCUT2D eigenvalue weighted by Crippen LogP contribution is 2.40. The van der Waals surface area contributed by atoms with Crippen LogP contribution in [0.2, 0.25) is 0 Å². The van der Waals surface area contributed by atoms with Crippen LogP contribution in [0.3, 0.4) is 0 Å². The van der Waals surface area contributed by atoms with E-state index in [1.807, 2.05) is 0 Å². The molecule has 0 N–H and O–H groups in total. The van der Waals surface area contributed by atoms with Crippen LogP contribution in [-0.2, 0) is 10.9 Å². The lowest BCUT2D eigenvalue weighted by atomic mass is 10.0. The largest absolute Gasteiger partial charge is 0.441 e. The molecule has 9 heteroatoms. The third kappa shape index (κ3) is 3.95. The van der Waals surface area contributed by atoms with Crippen molar-refractivity contribution in [2.75, 3.05) is 13.1 Å². The van der Waals surface area contributed by atoms with Crippen LogP contribution < -0.4 is 0 Å². The minimum Gasteiger partial charge on any atom is -0.441 e. The van der Waals surface area contributed by atoms with E-state index < -0.39 is 40.1 Å². The number of nitrogens with zero attached hydrogens (tertiary/aromatic N) is 2. The molecule has 6 nitrogen and oxygen atoms in total. The Morgan fingerprint density at radius 2 is 1.92 bits per heavy atom. The van der Waals surface area contributed by atoms with E-state index in [2.05, 4.69) is 0 Å². The lowest BCUT2D eigenvalue weighted by molar-refractivity contribution is -0.386. The van der Waals surface area contributed by atoms with E-state index in [0.717, 1.165) is 37.5 Å². The van der Waals surface area contributed by atoms with Crippen LogP contribution in [0.5, 0.6) is 0 Å². The zero-order valence-corrected chi connectivity index (χ0v) is 13.0. The third-order valence-corrected chi connectivity index (χ3v) is 3.88. The molecule has 1 amide bonds. The highest BCUT2D eigenvalue weighted by Gasteiger charge is 2.39. The molecule has 0 aromatic heterocycles. The van der Waals surface area contributed by atoms with Crippen molar-refractivity contribution in [2.24, 2.45) is 0 Å². The number of alkyl halides is 3. The van der Waals surface area contributed by atoms with Gasteiger partial charge < -0.3 is 9.64 Å². The smallest absolute Gasteiger partial charge is 0.417 e. The second-order valence-corrected chi connectivity index (χ2v) is 5.57. The van der Waals surface area contributed by atoms with Crippen molar-refractivity contribution >= 4 is 11.8 Å². The highest BCUT2D eigenvalue weighted by atomic mass is 19.4. The van der Waals surface area contributed by atoms with Gasteiger partial charge in [-0.2, -0.15) is 13.2 Å². The third-order valence-electron chi connectivity index (χ3n) is 3.88. The Labute approximate surface area is 136 Å². The number of rotatable bonds is 3. The Balaban J connectivity index is 2.31. The molecule has 0 saturated carbocycles. The molecular weight excluding hydrogens is 329 g/mol. The number of likely N-dealkylation sites (tertiary alicyclic amines) is 1. The summed E-state index contributed by atoms with van der Waals surface area (Å²) in [6.45, 7) is 2.14. The standard InChI is InChI=1S/C15H17F3N2O4/c1-10(24-14(21)19-8-3-2-4-9-19)13-11(15(16,17)18)6-5-7-12(13)20(22)23/h5-7,10H,2-4,8-9H2,1H3. The molecule has 1 saturated heterocycles. The van der Waals surface area contributed by atoms with Gasteiger partial charge in [0.25, 0.3) is 5.69 Å². The summed E-state index contributed by atoms with van der Waals surface area (Å²) >= 11 is 0. The van der Waals surface area contributed by atoms with E-state index in [1.165, 1.54) is 11.8 Å². The summed E-state index contributed by atoms with van der Waals surface area (Å²) in [7, 11) is 0. The number of ether oxygens (including phenoxy) is 1. The summed E-state index contributed by atoms with van der Waals surface area (Å²) < 4.78 is 44.6. The Bertz CT molecular complexity index is 628. The van der Waals surface area contributed by atoms with Crippen LogP contribution in [0.4, 0.5) is 23.7 Å². The van der Waals surface area contributed by atoms with Crippen molar-refractivity contribution < 1.29 is 27.6 Å². The summed E-state index contributed by atoms with van der Waals surface area (Å²) in [5, 5.41) is 11.1. The van der Waals surface area contributed by atoms with Gasteiger partial charge in [0.15, 0.2) is 0 Å². The van der Waals surface area contributed by atoms with Gasteiger partial charge in [-0.25, -0.2) is 4.79 Å². The second kappa shape index (κ2) is 7.06. The molecule has 1 aromatic carbocycles. The van der Waals surface area contributed by atoms with E-state index in [0.29, 0.717) is 13.1 Å². The summed E-state index contributed by atoms with van der Waals surface area (Å²) in [6.07, 6.45) is -4.37. The van der Waals surface area contributed by atoms with Gasteiger partial charge in [0.05, 0.1) is 16.1 Å². The van der Waals surface area contributed by atoms with Gasteiger partial charge in [-0.1, -0.05) is 6.07 Å². The monoisotopic (exact) mass is 346 g/mol. The van der Waals surface area contributed by atoms with Crippen LogP contribution in [0.1, 0.15) is 43.4 Å². The molecule has 24 heavy (non-hydrogen) atoms. The Kier molecular flexibility index (Phi) is 5.30. The normalized spacial score (nSPS) is 16.6. The van der Waals surface area contributed by atoms with Crippen molar-refractivity contribution in [1.82, 2.24) is 4.90 Å². The lowest BCUT2D eigenvalue weighted by Gasteiger charge is -2.28. The van der Waals surface area contributed by atoms with Gasteiger partial charge in [-0.15, -0.1) is 0 Å². The molecule has 1 heterocycles. The number of benzene rings is 1. The predicted octanol–water partition coefficient (Wildman–Crippen LogP) is 4.30. The number of piperidine rings is 1. The number of hydrogen-bond donors (Lipinski definition) is 0. The van der Waals surface area contributed by atoms with E-state index in [-0.39, 0.29) is 0 Å². The van der Waals surface area contributed by atoms with Crippen molar-refractivity contribution in [3.63, 3.8) is 0 Å². The number of halogens is 3. The molecule has 2 rings (SSSR count).